The number of ether oxygens (including phenoxy) is 1. The molecule has 0 aromatic heterocycles. The van der Waals surface area contributed by atoms with Crippen LogP contribution in [0.2, 0.25) is 0 Å². The van der Waals surface area contributed by atoms with Crippen LogP contribution >= 0.6 is 0 Å². The molecule has 0 aliphatic carbocycles. The van der Waals surface area contributed by atoms with Gasteiger partial charge in [-0.25, -0.2) is 0 Å². The molecule has 15 heavy (non-hydrogen) atoms. The van der Waals surface area contributed by atoms with Gasteiger partial charge in [-0.2, -0.15) is 0 Å². The van der Waals surface area contributed by atoms with Crippen LogP contribution in [-0.4, -0.2) is 18.8 Å². The average molecular weight is 215 g/mol. The highest BCUT2D eigenvalue weighted by molar-refractivity contribution is 4.81. The van der Waals surface area contributed by atoms with Gasteiger partial charge in [0.25, 0.3) is 0 Å². The Labute approximate surface area is 95.6 Å². The van der Waals surface area contributed by atoms with Gasteiger partial charge >= 0.3 is 0 Å². The Kier molecular flexibility index (Phi) is 9.12. The fourth-order valence-electron chi connectivity index (χ4n) is 1.63. The molecule has 0 saturated carbocycles. The Bertz CT molecular complexity index is 138. The van der Waals surface area contributed by atoms with Gasteiger partial charge in [-0.1, -0.05) is 40.0 Å². The fourth-order valence-corrected chi connectivity index (χ4v) is 1.63. The predicted octanol–water partition coefficient (Wildman–Crippen LogP) is 3.49. The average Bonchev–Trinajstić information content (AvgIpc) is 2.26. The molecular formula is C13H29NO. The maximum atomic E-state index is 6.32. The number of rotatable bonds is 10. The maximum absolute atomic E-state index is 6.32. The van der Waals surface area contributed by atoms with E-state index in [1.54, 1.807) is 0 Å². The van der Waals surface area contributed by atoms with Crippen LogP contribution in [0.15, 0.2) is 0 Å². The van der Waals surface area contributed by atoms with Gasteiger partial charge in [-0.05, 0) is 25.7 Å². The lowest BCUT2D eigenvalue weighted by Gasteiger charge is -2.28. The minimum Gasteiger partial charge on any atom is -0.381 e. The smallest absolute Gasteiger partial charge is 0.0483 e. The van der Waals surface area contributed by atoms with Crippen molar-refractivity contribution in [1.29, 1.82) is 0 Å². The summed E-state index contributed by atoms with van der Waals surface area (Å²) in [7, 11) is 0. The van der Waals surface area contributed by atoms with Crippen molar-refractivity contribution < 1.29 is 4.74 Å². The molecule has 2 nitrogen and oxygen atoms in total. The molecule has 1 unspecified atom stereocenters. The molecule has 0 bridgehead atoms. The maximum Gasteiger partial charge on any atom is 0.0483 e. The van der Waals surface area contributed by atoms with Gasteiger partial charge in [-0.15, -0.1) is 0 Å². The van der Waals surface area contributed by atoms with Crippen molar-refractivity contribution in [2.45, 2.75) is 71.3 Å². The van der Waals surface area contributed by atoms with E-state index in [0.29, 0.717) is 0 Å². The number of unbranched alkanes of at least 4 members (excludes halogenated alkanes) is 2. The molecule has 0 aliphatic heterocycles. The first kappa shape index (κ1) is 14.9. The van der Waals surface area contributed by atoms with Crippen molar-refractivity contribution in [3.8, 4) is 0 Å². The van der Waals surface area contributed by atoms with E-state index in [-0.39, 0.29) is 5.54 Å². The summed E-state index contributed by atoms with van der Waals surface area (Å²) in [6, 6.07) is 0. The van der Waals surface area contributed by atoms with Gasteiger partial charge in [-0.3, -0.25) is 0 Å². The Morgan fingerprint density at radius 3 is 2.13 bits per heavy atom. The Balaban J connectivity index is 3.58. The molecule has 0 aliphatic rings. The highest BCUT2D eigenvalue weighted by atomic mass is 16.5. The van der Waals surface area contributed by atoms with Gasteiger partial charge < -0.3 is 10.5 Å². The molecule has 0 amide bonds. The lowest BCUT2D eigenvalue weighted by atomic mass is 9.88. The summed E-state index contributed by atoms with van der Waals surface area (Å²) in [4.78, 5) is 0. The molecule has 92 valence electrons. The molecule has 0 spiro atoms. The van der Waals surface area contributed by atoms with Crippen LogP contribution in [0.1, 0.15) is 65.7 Å². The van der Waals surface area contributed by atoms with Gasteiger partial charge in [0.2, 0.25) is 0 Å². The molecule has 1 atom stereocenters. The minimum atomic E-state index is 0.0161. The van der Waals surface area contributed by atoms with Crippen molar-refractivity contribution in [3.05, 3.63) is 0 Å². The fraction of sp³-hybridized carbons (Fsp3) is 1.00. The van der Waals surface area contributed by atoms with Crippen LogP contribution in [0.25, 0.3) is 0 Å². The second kappa shape index (κ2) is 9.17. The molecule has 0 fully saturated rings. The van der Waals surface area contributed by atoms with Crippen LogP contribution in [0, 0.1) is 0 Å². The largest absolute Gasteiger partial charge is 0.381 e. The Hall–Kier alpha value is -0.0800. The van der Waals surface area contributed by atoms with Gasteiger partial charge in [0.05, 0.1) is 0 Å². The van der Waals surface area contributed by atoms with Crippen LogP contribution in [0.3, 0.4) is 0 Å². The van der Waals surface area contributed by atoms with Crippen molar-refractivity contribution in [3.63, 3.8) is 0 Å². The zero-order valence-corrected chi connectivity index (χ0v) is 10.8. The minimum absolute atomic E-state index is 0.0161. The SMILES string of the molecule is CCCCOCCC(N)(CC)CCCC. The zero-order valence-electron chi connectivity index (χ0n) is 10.8. The summed E-state index contributed by atoms with van der Waals surface area (Å²) in [6.07, 6.45) is 8.04. The molecule has 0 heterocycles. The highest BCUT2D eigenvalue weighted by Gasteiger charge is 2.21. The molecule has 0 aromatic rings. The van der Waals surface area contributed by atoms with Gasteiger partial charge in [0.1, 0.15) is 0 Å². The number of hydrogen-bond acceptors (Lipinski definition) is 2. The summed E-state index contributed by atoms with van der Waals surface area (Å²) < 4.78 is 5.57. The third-order valence-electron chi connectivity index (χ3n) is 3.12. The van der Waals surface area contributed by atoms with Gasteiger partial charge in [0.15, 0.2) is 0 Å². The number of hydrogen-bond donors (Lipinski definition) is 1. The van der Waals surface area contributed by atoms with Crippen molar-refractivity contribution in [1.82, 2.24) is 0 Å². The van der Waals surface area contributed by atoms with E-state index in [9.17, 15) is 0 Å². The third kappa shape index (κ3) is 7.80. The monoisotopic (exact) mass is 215 g/mol. The van der Waals surface area contributed by atoms with Crippen molar-refractivity contribution in [2.24, 2.45) is 5.73 Å². The first-order chi connectivity index (χ1) is 7.18. The third-order valence-corrected chi connectivity index (χ3v) is 3.12. The van der Waals surface area contributed by atoms with E-state index in [1.165, 1.54) is 25.7 Å². The second-order valence-electron chi connectivity index (χ2n) is 4.54. The molecular weight excluding hydrogens is 186 g/mol. The molecule has 2 heteroatoms. The van der Waals surface area contributed by atoms with Crippen molar-refractivity contribution in [2.75, 3.05) is 13.2 Å². The van der Waals surface area contributed by atoms with Crippen LogP contribution in [-0.2, 0) is 4.74 Å². The zero-order chi connectivity index (χ0) is 11.6. The summed E-state index contributed by atoms with van der Waals surface area (Å²) in [5.74, 6) is 0. The molecule has 0 saturated heterocycles. The number of nitrogens with two attached hydrogens (primary N) is 1. The first-order valence-corrected chi connectivity index (χ1v) is 6.55. The standard InChI is InChI=1S/C13H29NO/c1-4-7-9-13(14,6-3)10-12-15-11-8-5-2/h4-12,14H2,1-3H3. The lowest BCUT2D eigenvalue weighted by Crippen LogP contribution is -2.40. The van der Waals surface area contributed by atoms with Crippen LogP contribution < -0.4 is 5.73 Å². The Morgan fingerprint density at radius 1 is 0.933 bits per heavy atom. The lowest BCUT2D eigenvalue weighted by molar-refractivity contribution is 0.108. The highest BCUT2D eigenvalue weighted by Crippen LogP contribution is 2.19. The molecule has 0 radical (unpaired) electrons. The summed E-state index contributed by atoms with van der Waals surface area (Å²) in [6.45, 7) is 8.30. The second-order valence-corrected chi connectivity index (χ2v) is 4.54. The normalized spacial score (nSPS) is 15.2. The van der Waals surface area contributed by atoms with Crippen LogP contribution in [0.4, 0.5) is 0 Å². The molecule has 0 rings (SSSR count). The van der Waals surface area contributed by atoms with Crippen molar-refractivity contribution >= 4 is 0 Å². The predicted molar refractivity (Wildman–Crippen MR) is 67.1 cm³/mol. The van der Waals surface area contributed by atoms with E-state index in [0.717, 1.165) is 32.5 Å². The van der Waals surface area contributed by atoms with E-state index in [4.69, 9.17) is 10.5 Å². The topological polar surface area (TPSA) is 35.2 Å². The molecule has 0 aromatic carbocycles. The summed E-state index contributed by atoms with van der Waals surface area (Å²) >= 11 is 0. The van der Waals surface area contributed by atoms with E-state index in [1.807, 2.05) is 0 Å². The molecule has 2 N–H and O–H groups in total. The van der Waals surface area contributed by atoms with E-state index < -0.39 is 0 Å². The summed E-state index contributed by atoms with van der Waals surface area (Å²) in [5, 5.41) is 0. The van der Waals surface area contributed by atoms with E-state index in [2.05, 4.69) is 20.8 Å². The summed E-state index contributed by atoms with van der Waals surface area (Å²) in [5.41, 5.74) is 6.33. The van der Waals surface area contributed by atoms with Gasteiger partial charge in [0, 0.05) is 18.8 Å². The van der Waals surface area contributed by atoms with Crippen LogP contribution in [0.5, 0.6) is 0 Å². The Morgan fingerprint density at radius 2 is 1.60 bits per heavy atom. The van der Waals surface area contributed by atoms with E-state index >= 15 is 0 Å². The quantitative estimate of drug-likeness (QED) is 0.566. The first-order valence-electron chi connectivity index (χ1n) is 6.55.